The van der Waals surface area contributed by atoms with Crippen molar-refractivity contribution < 1.29 is 20.1 Å². The second-order valence-corrected chi connectivity index (χ2v) is 10.7. The van der Waals surface area contributed by atoms with Crippen LogP contribution in [0.3, 0.4) is 0 Å². The molecular weight excluding hydrogens is 725 g/mol. The van der Waals surface area contributed by atoms with Crippen LogP contribution in [0.4, 0.5) is 0 Å². The van der Waals surface area contributed by atoms with Crippen molar-refractivity contribution in [3.63, 3.8) is 0 Å². The van der Waals surface area contributed by atoms with Crippen LogP contribution in [-0.4, -0.2) is 9.97 Å². The minimum absolute atomic E-state index is 0. The Morgan fingerprint density at radius 2 is 1.13 bits per heavy atom. The van der Waals surface area contributed by atoms with E-state index in [9.17, 15) is 0 Å². The van der Waals surface area contributed by atoms with Gasteiger partial charge in [0.05, 0.1) is 0 Å². The van der Waals surface area contributed by atoms with E-state index < -0.39 is 0 Å². The first-order valence-corrected chi connectivity index (χ1v) is 14.7. The summed E-state index contributed by atoms with van der Waals surface area (Å²) >= 11 is 0. The van der Waals surface area contributed by atoms with E-state index in [0.717, 1.165) is 28.1 Å². The molecule has 2 heterocycles. The van der Waals surface area contributed by atoms with Crippen LogP contribution in [0.2, 0.25) is 0 Å². The van der Waals surface area contributed by atoms with Crippen LogP contribution in [-0.2, 0) is 20.1 Å². The largest absolute Gasteiger partial charge is 0.305 e. The summed E-state index contributed by atoms with van der Waals surface area (Å²) in [7, 11) is 0. The van der Waals surface area contributed by atoms with E-state index in [-0.39, 0.29) is 20.1 Å². The Hall–Kier alpha value is -4.95. The molecule has 221 valence electrons. The normalized spacial score (nSPS) is 10.3. The molecule has 1 radical (unpaired) electrons. The van der Waals surface area contributed by atoms with Gasteiger partial charge >= 0.3 is 0 Å². The fourth-order valence-corrected chi connectivity index (χ4v) is 5.25. The Kier molecular flexibility index (Phi) is 10.6. The average Bonchev–Trinajstić information content (AvgIpc) is 3.09. The van der Waals surface area contributed by atoms with Crippen LogP contribution in [0.15, 0.2) is 158 Å². The first kappa shape index (κ1) is 31.5. The number of pyridine rings is 2. The third-order valence-electron chi connectivity index (χ3n) is 7.42. The van der Waals surface area contributed by atoms with Crippen molar-refractivity contribution in [2.75, 3.05) is 0 Å². The maximum Gasteiger partial charge on any atom is 0.0163 e. The molecule has 5 aromatic carbocycles. The number of hydrogen-bond acceptors (Lipinski definition) is 2. The second kappa shape index (κ2) is 15.2. The quantitative estimate of drug-likeness (QED) is 0.164. The van der Waals surface area contributed by atoms with Crippen LogP contribution in [0.25, 0.3) is 55.9 Å². The van der Waals surface area contributed by atoms with Gasteiger partial charge in [-0.25, -0.2) is 0 Å². The predicted octanol–water partition coefficient (Wildman–Crippen LogP) is 10.7. The van der Waals surface area contributed by atoms with E-state index in [1.54, 1.807) is 0 Å². The molecule has 0 saturated carbocycles. The predicted molar refractivity (Wildman–Crippen MR) is 183 cm³/mol. The van der Waals surface area contributed by atoms with Gasteiger partial charge in [0.25, 0.3) is 0 Å². The van der Waals surface area contributed by atoms with Crippen molar-refractivity contribution in [3.05, 3.63) is 181 Å². The fourth-order valence-electron chi connectivity index (χ4n) is 5.25. The third kappa shape index (κ3) is 7.77. The average molecular weight is 757 g/mol. The van der Waals surface area contributed by atoms with Gasteiger partial charge in [0.2, 0.25) is 0 Å². The van der Waals surface area contributed by atoms with Crippen molar-refractivity contribution in [2.24, 2.45) is 0 Å². The zero-order valence-corrected chi connectivity index (χ0v) is 27.6. The fraction of sp³-hybridized carbons (Fsp3) is 0.0476. The van der Waals surface area contributed by atoms with Crippen molar-refractivity contribution in [3.8, 4) is 55.9 Å². The van der Waals surface area contributed by atoms with Crippen LogP contribution in [0.1, 0.15) is 11.1 Å². The van der Waals surface area contributed by atoms with Gasteiger partial charge in [0.15, 0.2) is 0 Å². The van der Waals surface area contributed by atoms with Gasteiger partial charge < -0.3 is 9.97 Å². The molecule has 7 rings (SSSR count). The molecule has 0 bridgehead atoms. The summed E-state index contributed by atoms with van der Waals surface area (Å²) in [5.41, 5.74) is 13.6. The molecular formula is C42H32IrN2-2. The van der Waals surface area contributed by atoms with Gasteiger partial charge in [0, 0.05) is 32.5 Å². The molecule has 0 N–H and O–H groups in total. The Bertz CT molecular complexity index is 1910. The number of aromatic nitrogens is 2. The maximum atomic E-state index is 4.53. The Balaban J connectivity index is 0.000000185. The maximum absolute atomic E-state index is 4.53. The molecule has 3 heteroatoms. The first-order valence-electron chi connectivity index (χ1n) is 14.7. The molecule has 7 aromatic rings. The molecule has 0 saturated heterocycles. The minimum Gasteiger partial charge on any atom is -0.305 e. The van der Waals surface area contributed by atoms with E-state index in [0.29, 0.717) is 0 Å². The van der Waals surface area contributed by atoms with Crippen molar-refractivity contribution in [1.82, 2.24) is 9.97 Å². The molecule has 2 aromatic heterocycles. The number of aryl methyl sites for hydroxylation is 2. The van der Waals surface area contributed by atoms with Gasteiger partial charge in [-0.15, -0.1) is 53.6 Å². The Morgan fingerprint density at radius 1 is 0.467 bits per heavy atom. The first-order chi connectivity index (χ1) is 21.7. The summed E-state index contributed by atoms with van der Waals surface area (Å²) in [6.45, 7) is 4.21. The number of nitrogens with zero attached hydrogens (tertiary/aromatic N) is 2. The zero-order valence-electron chi connectivity index (χ0n) is 25.2. The summed E-state index contributed by atoms with van der Waals surface area (Å²) in [6.07, 6.45) is 3.67. The molecule has 0 aliphatic heterocycles. The third-order valence-corrected chi connectivity index (χ3v) is 7.42. The number of hydrogen-bond donors (Lipinski definition) is 0. The van der Waals surface area contributed by atoms with Crippen molar-refractivity contribution in [1.29, 1.82) is 0 Å². The summed E-state index contributed by atoms with van der Waals surface area (Å²) in [5.74, 6) is 0. The summed E-state index contributed by atoms with van der Waals surface area (Å²) < 4.78 is 0. The molecule has 0 fully saturated rings. The van der Waals surface area contributed by atoms with Gasteiger partial charge in [-0.2, -0.15) is 0 Å². The van der Waals surface area contributed by atoms with Crippen LogP contribution in [0, 0.1) is 26.0 Å². The number of rotatable bonds is 5. The number of benzene rings is 5. The summed E-state index contributed by atoms with van der Waals surface area (Å²) in [5, 5.41) is 0. The molecule has 0 unspecified atom stereocenters. The van der Waals surface area contributed by atoms with Gasteiger partial charge in [-0.3, -0.25) is 0 Å². The van der Waals surface area contributed by atoms with Crippen LogP contribution < -0.4 is 0 Å². The molecule has 0 aliphatic rings. The van der Waals surface area contributed by atoms with Crippen molar-refractivity contribution in [2.45, 2.75) is 13.8 Å². The smallest absolute Gasteiger partial charge is 0.0163 e. The molecule has 0 aliphatic carbocycles. The van der Waals surface area contributed by atoms with E-state index >= 15 is 0 Å². The zero-order chi connectivity index (χ0) is 30.1. The Labute approximate surface area is 279 Å². The molecule has 0 atom stereocenters. The minimum atomic E-state index is 0. The monoisotopic (exact) mass is 757 g/mol. The van der Waals surface area contributed by atoms with Crippen LogP contribution in [0.5, 0.6) is 0 Å². The van der Waals surface area contributed by atoms with Crippen LogP contribution >= 0.6 is 0 Å². The van der Waals surface area contributed by atoms with E-state index in [2.05, 4.69) is 121 Å². The van der Waals surface area contributed by atoms with E-state index in [1.807, 2.05) is 73.1 Å². The topological polar surface area (TPSA) is 25.8 Å². The second-order valence-electron chi connectivity index (χ2n) is 10.7. The van der Waals surface area contributed by atoms with Gasteiger partial charge in [-0.1, -0.05) is 142 Å². The van der Waals surface area contributed by atoms with Gasteiger partial charge in [-0.05, 0) is 42.9 Å². The molecule has 0 spiro atoms. The standard InChI is InChI=1S/C25H20N.C17H12N.Ir/c1-18-7-6-10-21(15-18)23-12-11-22(25-16-19(2)13-14-26-25)17-24(23)20-8-4-3-5-9-20;1-2-8-14(9-3-1)15-10-4-5-11-16(15)17-12-6-7-13-18-17;/h3-10,12-17H,1-2H3;1-10,12-13H;/q2*-1;. The SMILES string of the molecule is Cc1cccc(-c2c[c-]c(-c3cc(C)ccn3)cc2-c2ccccc2)c1.[Ir].[c-]1cccc(-c2ccccc2)c1-c1ccccn1. The molecule has 45 heavy (non-hydrogen) atoms. The Morgan fingerprint density at radius 3 is 1.82 bits per heavy atom. The van der Waals surface area contributed by atoms with E-state index in [1.165, 1.54) is 38.9 Å². The van der Waals surface area contributed by atoms with Crippen molar-refractivity contribution >= 4 is 0 Å². The summed E-state index contributed by atoms with van der Waals surface area (Å²) in [6, 6.07) is 56.6. The van der Waals surface area contributed by atoms with Gasteiger partial charge in [0.1, 0.15) is 0 Å². The summed E-state index contributed by atoms with van der Waals surface area (Å²) in [4.78, 5) is 8.93. The molecule has 0 amide bonds. The van der Waals surface area contributed by atoms with E-state index in [4.69, 9.17) is 0 Å². The molecule has 2 nitrogen and oxygen atoms in total.